The second kappa shape index (κ2) is 9.97. The van der Waals surface area contributed by atoms with Gasteiger partial charge in [-0.05, 0) is 44.7 Å². The Labute approximate surface area is 103 Å². The molecule has 0 heterocycles. The van der Waals surface area contributed by atoms with Gasteiger partial charge in [0, 0.05) is 6.04 Å². The van der Waals surface area contributed by atoms with Crippen molar-refractivity contribution in [1.82, 2.24) is 5.32 Å². The molecule has 0 spiro atoms. The Morgan fingerprint density at radius 1 is 1.31 bits per heavy atom. The maximum atomic E-state index is 10.6. The summed E-state index contributed by atoms with van der Waals surface area (Å²) in [6.45, 7) is 5.01. The van der Waals surface area contributed by atoms with E-state index in [4.69, 9.17) is 5.11 Å². The van der Waals surface area contributed by atoms with Gasteiger partial charge in [0.05, 0.1) is 5.92 Å². The summed E-state index contributed by atoms with van der Waals surface area (Å²) in [5.41, 5.74) is 0. The molecule has 0 saturated heterocycles. The van der Waals surface area contributed by atoms with E-state index >= 15 is 0 Å². The smallest absolute Gasteiger partial charge is 0.306 e. The Hall–Kier alpha value is -0.220. The molecule has 0 aliphatic heterocycles. The number of thioether (sulfide) groups is 1. The van der Waals surface area contributed by atoms with Crippen LogP contribution in [0.2, 0.25) is 0 Å². The number of hydrogen-bond acceptors (Lipinski definition) is 3. The van der Waals surface area contributed by atoms with Crippen LogP contribution in [0.25, 0.3) is 0 Å². The van der Waals surface area contributed by atoms with Gasteiger partial charge in [-0.2, -0.15) is 11.8 Å². The summed E-state index contributed by atoms with van der Waals surface area (Å²) in [5.74, 6) is 0.319. The molecule has 3 nitrogen and oxygen atoms in total. The lowest BCUT2D eigenvalue weighted by Gasteiger charge is -2.14. The molecular formula is C12H25NO2S. The van der Waals surface area contributed by atoms with Gasteiger partial charge in [0.2, 0.25) is 0 Å². The Morgan fingerprint density at radius 2 is 2.00 bits per heavy atom. The van der Waals surface area contributed by atoms with Gasteiger partial charge in [-0.3, -0.25) is 4.79 Å². The summed E-state index contributed by atoms with van der Waals surface area (Å²) in [7, 11) is 0. The second-order valence-corrected chi connectivity index (χ2v) is 5.36. The highest BCUT2D eigenvalue weighted by Crippen LogP contribution is 2.09. The van der Waals surface area contributed by atoms with Crippen LogP contribution in [-0.4, -0.2) is 35.7 Å². The first-order chi connectivity index (χ1) is 7.57. The van der Waals surface area contributed by atoms with Crippen molar-refractivity contribution in [1.29, 1.82) is 0 Å². The zero-order chi connectivity index (χ0) is 12.4. The molecule has 0 bridgehead atoms. The van der Waals surface area contributed by atoms with E-state index in [2.05, 4.69) is 18.5 Å². The van der Waals surface area contributed by atoms with E-state index in [1.807, 2.05) is 11.8 Å². The van der Waals surface area contributed by atoms with Gasteiger partial charge in [-0.1, -0.05) is 13.3 Å². The Kier molecular flexibility index (Phi) is 9.83. The number of carboxylic acids is 1. The molecule has 0 radical (unpaired) electrons. The highest BCUT2D eigenvalue weighted by molar-refractivity contribution is 7.98. The Morgan fingerprint density at radius 3 is 2.56 bits per heavy atom. The first-order valence-corrected chi connectivity index (χ1v) is 7.42. The summed E-state index contributed by atoms with van der Waals surface area (Å²) in [5, 5.41) is 12.2. The van der Waals surface area contributed by atoms with Gasteiger partial charge in [-0.25, -0.2) is 0 Å². The van der Waals surface area contributed by atoms with Crippen LogP contribution in [-0.2, 0) is 4.79 Å². The molecule has 0 aliphatic rings. The number of rotatable bonds is 10. The fraction of sp³-hybridized carbons (Fsp3) is 0.917. The minimum atomic E-state index is -0.680. The van der Waals surface area contributed by atoms with E-state index in [1.54, 1.807) is 6.92 Å². The first kappa shape index (κ1) is 15.8. The van der Waals surface area contributed by atoms with Crippen LogP contribution >= 0.6 is 11.8 Å². The van der Waals surface area contributed by atoms with Crippen molar-refractivity contribution in [2.75, 3.05) is 18.6 Å². The highest BCUT2D eigenvalue weighted by atomic mass is 32.2. The zero-order valence-electron chi connectivity index (χ0n) is 10.7. The van der Waals surface area contributed by atoms with Gasteiger partial charge in [0.25, 0.3) is 0 Å². The number of hydrogen-bond donors (Lipinski definition) is 2. The molecule has 0 aromatic carbocycles. The van der Waals surface area contributed by atoms with Crippen LogP contribution in [0.5, 0.6) is 0 Å². The van der Waals surface area contributed by atoms with E-state index in [-0.39, 0.29) is 5.92 Å². The van der Waals surface area contributed by atoms with Crippen molar-refractivity contribution in [3.05, 3.63) is 0 Å². The van der Waals surface area contributed by atoms with Crippen molar-refractivity contribution in [3.63, 3.8) is 0 Å². The lowest BCUT2D eigenvalue weighted by atomic mass is 10.0. The minimum Gasteiger partial charge on any atom is -0.481 e. The zero-order valence-corrected chi connectivity index (χ0v) is 11.5. The number of carboxylic acid groups (broad SMARTS) is 1. The minimum absolute atomic E-state index is 0.205. The molecule has 0 aromatic heterocycles. The van der Waals surface area contributed by atoms with Gasteiger partial charge in [0.15, 0.2) is 0 Å². The van der Waals surface area contributed by atoms with Gasteiger partial charge in [-0.15, -0.1) is 0 Å². The monoisotopic (exact) mass is 247 g/mol. The molecule has 2 N–H and O–H groups in total. The molecule has 0 saturated carbocycles. The van der Waals surface area contributed by atoms with Crippen molar-refractivity contribution in [3.8, 4) is 0 Å². The largest absolute Gasteiger partial charge is 0.481 e. The van der Waals surface area contributed by atoms with E-state index in [0.29, 0.717) is 6.04 Å². The lowest BCUT2D eigenvalue weighted by Crippen LogP contribution is -2.27. The molecule has 2 unspecified atom stereocenters. The van der Waals surface area contributed by atoms with E-state index < -0.39 is 5.97 Å². The van der Waals surface area contributed by atoms with Crippen LogP contribution in [0, 0.1) is 5.92 Å². The Bertz CT molecular complexity index is 188. The highest BCUT2D eigenvalue weighted by Gasteiger charge is 2.10. The molecule has 4 heteroatoms. The number of nitrogens with one attached hydrogen (secondary N) is 1. The maximum Gasteiger partial charge on any atom is 0.306 e. The molecule has 0 fully saturated rings. The average Bonchev–Trinajstić information content (AvgIpc) is 2.24. The van der Waals surface area contributed by atoms with Crippen molar-refractivity contribution >= 4 is 17.7 Å². The van der Waals surface area contributed by atoms with Crippen molar-refractivity contribution in [2.45, 2.75) is 45.6 Å². The fourth-order valence-corrected chi connectivity index (χ4v) is 1.95. The predicted molar refractivity (Wildman–Crippen MR) is 71.1 cm³/mol. The lowest BCUT2D eigenvalue weighted by molar-refractivity contribution is -0.141. The summed E-state index contributed by atoms with van der Waals surface area (Å²) >= 11 is 1.87. The summed E-state index contributed by atoms with van der Waals surface area (Å²) in [4.78, 5) is 10.6. The van der Waals surface area contributed by atoms with Gasteiger partial charge in [0.1, 0.15) is 0 Å². The second-order valence-electron chi connectivity index (χ2n) is 4.37. The molecule has 96 valence electrons. The SMILES string of the molecule is CSCCCNC(C)CCCC(C)C(=O)O. The summed E-state index contributed by atoms with van der Waals surface area (Å²) in [6, 6.07) is 0.503. The van der Waals surface area contributed by atoms with Crippen LogP contribution in [0.15, 0.2) is 0 Å². The Balaban J connectivity index is 3.36. The van der Waals surface area contributed by atoms with E-state index in [1.165, 1.54) is 12.2 Å². The molecule has 16 heavy (non-hydrogen) atoms. The molecule has 0 rings (SSSR count). The number of carbonyl (C=O) groups is 1. The third-order valence-electron chi connectivity index (χ3n) is 2.71. The topological polar surface area (TPSA) is 49.3 Å². The molecular weight excluding hydrogens is 222 g/mol. The maximum absolute atomic E-state index is 10.6. The van der Waals surface area contributed by atoms with Crippen LogP contribution < -0.4 is 5.32 Å². The van der Waals surface area contributed by atoms with Crippen LogP contribution in [0.1, 0.15) is 39.5 Å². The fourth-order valence-electron chi connectivity index (χ4n) is 1.52. The van der Waals surface area contributed by atoms with Crippen LogP contribution in [0.3, 0.4) is 0 Å². The molecule has 0 amide bonds. The standard InChI is InChI=1S/C12H25NO2S/c1-10(12(14)15)6-4-7-11(2)13-8-5-9-16-3/h10-11,13H,4-9H2,1-3H3,(H,14,15). The first-order valence-electron chi connectivity index (χ1n) is 6.03. The summed E-state index contributed by atoms with van der Waals surface area (Å²) in [6.07, 6.45) is 6.17. The van der Waals surface area contributed by atoms with E-state index in [0.717, 1.165) is 25.8 Å². The predicted octanol–water partition coefficient (Wildman–Crippen LogP) is 2.61. The van der Waals surface area contributed by atoms with Gasteiger partial charge < -0.3 is 10.4 Å². The van der Waals surface area contributed by atoms with Crippen LogP contribution in [0.4, 0.5) is 0 Å². The summed E-state index contributed by atoms with van der Waals surface area (Å²) < 4.78 is 0. The average molecular weight is 247 g/mol. The van der Waals surface area contributed by atoms with E-state index in [9.17, 15) is 4.79 Å². The number of aliphatic carboxylic acids is 1. The third kappa shape index (κ3) is 9.04. The van der Waals surface area contributed by atoms with Gasteiger partial charge >= 0.3 is 5.97 Å². The quantitative estimate of drug-likeness (QED) is 0.583. The van der Waals surface area contributed by atoms with Crippen molar-refractivity contribution in [2.24, 2.45) is 5.92 Å². The normalized spacial score (nSPS) is 14.7. The molecule has 0 aliphatic carbocycles. The molecule has 0 aromatic rings. The van der Waals surface area contributed by atoms with Crippen molar-refractivity contribution < 1.29 is 9.90 Å². The molecule has 2 atom stereocenters. The third-order valence-corrected chi connectivity index (χ3v) is 3.41.